The molecule has 1 heterocycles. The highest BCUT2D eigenvalue weighted by molar-refractivity contribution is 5.59. The van der Waals surface area contributed by atoms with Crippen LogP contribution >= 0.6 is 0 Å². The standard InChI is InChI=1S/C16H22N2O/c1-2-3-4-5-6-13-7-9-14(10-8-13)16-11-15(12-17)19-18-16/h7-11H,2-6,12,17H2,1H3. The molecule has 102 valence electrons. The summed E-state index contributed by atoms with van der Waals surface area (Å²) < 4.78 is 5.12. The fourth-order valence-corrected chi connectivity index (χ4v) is 2.14. The van der Waals surface area contributed by atoms with Crippen LogP contribution in [0.5, 0.6) is 0 Å². The van der Waals surface area contributed by atoms with E-state index in [9.17, 15) is 0 Å². The Hall–Kier alpha value is -1.61. The van der Waals surface area contributed by atoms with Gasteiger partial charge in [-0.3, -0.25) is 0 Å². The molecule has 19 heavy (non-hydrogen) atoms. The lowest BCUT2D eigenvalue weighted by Crippen LogP contribution is -1.92. The summed E-state index contributed by atoms with van der Waals surface area (Å²) in [4.78, 5) is 0. The van der Waals surface area contributed by atoms with Crippen LogP contribution in [0.1, 0.15) is 43.9 Å². The third-order valence-corrected chi connectivity index (χ3v) is 3.33. The fourth-order valence-electron chi connectivity index (χ4n) is 2.14. The van der Waals surface area contributed by atoms with Gasteiger partial charge in [-0.2, -0.15) is 0 Å². The van der Waals surface area contributed by atoms with Crippen molar-refractivity contribution in [2.45, 2.75) is 45.6 Å². The minimum Gasteiger partial charge on any atom is -0.359 e. The van der Waals surface area contributed by atoms with Crippen LogP contribution < -0.4 is 5.73 Å². The average molecular weight is 258 g/mol. The molecule has 0 aliphatic rings. The molecule has 0 bridgehead atoms. The van der Waals surface area contributed by atoms with Gasteiger partial charge < -0.3 is 10.3 Å². The first-order valence-corrected chi connectivity index (χ1v) is 7.08. The van der Waals surface area contributed by atoms with Crippen molar-refractivity contribution in [1.29, 1.82) is 0 Å². The first-order valence-electron chi connectivity index (χ1n) is 7.08. The number of nitrogens with zero attached hydrogens (tertiary/aromatic N) is 1. The second-order valence-corrected chi connectivity index (χ2v) is 4.89. The fraction of sp³-hybridized carbons (Fsp3) is 0.438. The van der Waals surface area contributed by atoms with Gasteiger partial charge in [-0.05, 0) is 18.4 Å². The summed E-state index contributed by atoms with van der Waals surface area (Å²) >= 11 is 0. The SMILES string of the molecule is CCCCCCc1ccc(-c2cc(CN)on2)cc1. The molecule has 1 aromatic heterocycles. The molecule has 2 N–H and O–H groups in total. The third kappa shape index (κ3) is 3.93. The molecule has 0 aliphatic heterocycles. The summed E-state index contributed by atoms with van der Waals surface area (Å²) in [5.74, 6) is 0.721. The summed E-state index contributed by atoms with van der Waals surface area (Å²) in [6, 6.07) is 10.5. The number of hydrogen-bond donors (Lipinski definition) is 1. The highest BCUT2D eigenvalue weighted by Gasteiger charge is 2.05. The van der Waals surface area contributed by atoms with Gasteiger partial charge in [-0.15, -0.1) is 0 Å². The van der Waals surface area contributed by atoms with Gasteiger partial charge in [-0.25, -0.2) is 0 Å². The van der Waals surface area contributed by atoms with Gasteiger partial charge in [0.1, 0.15) is 5.69 Å². The molecule has 0 saturated heterocycles. The Morgan fingerprint density at radius 3 is 2.53 bits per heavy atom. The highest BCUT2D eigenvalue weighted by Crippen LogP contribution is 2.20. The van der Waals surface area contributed by atoms with E-state index in [2.05, 4.69) is 36.3 Å². The van der Waals surface area contributed by atoms with Crippen LogP contribution in [-0.2, 0) is 13.0 Å². The van der Waals surface area contributed by atoms with Crippen LogP contribution in [0.25, 0.3) is 11.3 Å². The molecule has 2 aromatic rings. The Kier molecular flexibility index (Phi) is 5.16. The number of aryl methyl sites for hydroxylation is 1. The van der Waals surface area contributed by atoms with E-state index in [1.807, 2.05) is 6.07 Å². The molecule has 3 heteroatoms. The molecule has 0 amide bonds. The Bertz CT molecular complexity index is 488. The average Bonchev–Trinajstić information content (AvgIpc) is 2.93. The van der Waals surface area contributed by atoms with E-state index >= 15 is 0 Å². The lowest BCUT2D eigenvalue weighted by molar-refractivity contribution is 0.387. The van der Waals surface area contributed by atoms with E-state index in [4.69, 9.17) is 10.3 Å². The van der Waals surface area contributed by atoms with Crippen molar-refractivity contribution < 1.29 is 4.52 Å². The van der Waals surface area contributed by atoms with Crippen LogP contribution in [0.3, 0.4) is 0 Å². The first-order chi connectivity index (χ1) is 9.33. The lowest BCUT2D eigenvalue weighted by Gasteiger charge is -2.02. The van der Waals surface area contributed by atoms with Crippen LogP contribution in [0.4, 0.5) is 0 Å². The Labute approximate surface area is 114 Å². The highest BCUT2D eigenvalue weighted by atomic mass is 16.5. The van der Waals surface area contributed by atoms with Crippen molar-refractivity contribution in [3.8, 4) is 11.3 Å². The van der Waals surface area contributed by atoms with Crippen molar-refractivity contribution >= 4 is 0 Å². The van der Waals surface area contributed by atoms with Gasteiger partial charge in [0.05, 0.1) is 6.54 Å². The quantitative estimate of drug-likeness (QED) is 0.766. The van der Waals surface area contributed by atoms with Crippen LogP contribution in [0.2, 0.25) is 0 Å². The molecule has 0 unspecified atom stereocenters. The second-order valence-electron chi connectivity index (χ2n) is 4.89. The van der Waals surface area contributed by atoms with Gasteiger partial charge in [0.15, 0.2) is 5.76 Å². The number of aromatic nitrogens is 1. The maximum atomic E-state index is 5.51. The summed E-state index contributed by atoms with van der Waals surface area (Å²) in [6.07, 6.45) is 6.37. The first kappa shape index (κ1) is 13.8. The molecule has 0 radical (unpaired) electrons. The van der Waals surface area contributed by atoms with Crippen molar-refractivity contribution in [2.75, 3.05) is 0 Å². The van der Waals surface area contributed by atoms with Crippen LogP contribution in [0, 0.1) is 0 Å². The molecule has 0 aliphatic carbocycles. The monoisotopic (exact) mass is 258 g/mol. The number of benzene rings is 1. The van der Waals surface area contributed by atoms with Crippen molar-refractivity contribution in [1.82, 2.24) is 5.16 Å². The van der Waals surface area contributed by atoms with Crippen molar-refractivity contribution in [3.05, 3.63) is 41.7 Å². The molecule has 2 rings (SSSR count). The predicted molar refractivity (Wildman–Crippen MR) is 77.7 cm³/mol. The summed E-state index contributed by atoms with van der Waals surface area (Å²) in [5.41, 5.74) is 8.85. The lowest BCUT2D eigenvalue weighted by atomic mass is 10.0. The smallest absolute Gasteiger partial charge is 0.150 e. The molecule has 0 saturated carbocycles. The second kappa shape index (κ2) is 7.10. The zero-order chi connectivity index (χ0) is 13.5. The third-order valence-electron chi connectivity index (χ3n) is 3.33. The van der Waals surface area contributed by atoms with Crippen LogP contribution in [0.15, 0.2) is 34.9 Å². The predicted octanol–water partition coefficient (Wildman–Crippen LogP) is 3.92. The van der Waals surface area contributed by atoms with E-state index < -0.39 is 0 Å². The van der Waals surface area contributed by atoms with Crippen LogP contribution in [-0.4, -0.2) is 5.16 Å². The molecular formula is C16H22N2O. The topological polar surface area (TPSA) is 52.0 Å². The zero-order valence-electron chi connectivity index (χ0n) is 11.6. The molecule has 3 nitrogen and oxygen atoms in total. The van der Waals surface area contributed by atoms with E-state index in [-0.39, 0.29) is 0 Å². The van der Waals surface area contributed by atoms with E-state index in [1.165, 1.54) is 31.2 Å². The summed E-state index contributed by atoms with van der Waals surface area (Å²) in [5, 5.41) is 4.02. The van der Waals surface area contributed by atoms with E-state index in [0.717, 1.165) is 23.4 Å². The normalized spacial score (nSPS) is 10.8. The van der Waals surface area contributed by atoms with Gasteiger partial charge >= 0.3 is 0 Å². The Morgan fingerprint density at radius 2 is 1.89 bits per heavy atom. The molecule has 0 atom stereocenters. The largest absolute Gasteiger partial charge is 0.359 e. The molecule has 0 spiro atoms. The zero-order valence-corrected chi connectivity index (χ0v) is 11.6. The summed E-state index contributed by atoms with van der Waals surface area (Å²) in [6.45, 7) is 2.63. The summed E-state index contributed by atoms with van der Waals surface area (Å²) in [7, 11) is 0. The number of rotatable bonds is 7. The minimum atomic E-state index is 0.391. The van der Waals surface area contributed by atoms with E-state index in [0.29, 0.717) is 6.54 Å². The van der Waals surface area contributed by atoms with Gasteiger partial charge in [0.25, 0.3) is 0 Å². The van der Waals surface area contributed by atoms with Crippen molar-refractivity contribution in [2.24, 2.45) is 5.73 Å². The Morgan fingerprint density at radius 1 is 1.11 bits per heavy atom. The van der Waals surface area contributed by atoms with E-state index in [1.54, 1.807) is 0 Å². The number of unbranched alkanes of at least 4 members (excludes halogenated alkanes) is 3. The van der Waals surface area contributed by atoms with Gasteiger partial charge in [0.2, 0.25) is 0 Å². The molecular weight excluding hydrogens is 236 g/mol. The molecule has 1 aromatic carbocycles. The molecule has 0 fully saturated rings. The number of hydrogen-bond acceptors (Lipinski definition) is 3. The van der Waals surface area contributed by atoms with Gasteiger partial charge in [-0.1, -0.05) is 55.6 Å². The number of nitrogens with two attached hydrogens (primary N) is 1. The van der Waals surface area contributed by atoms with Crippen molar-refractivity contribution in [3.63, 3.8) is 0 Å². The Balaban J connectivity index is 1.94. The minimum absolute atomic E-state index is 0.391. The van der Waals surface area contributed by atoms with Gasteiger partial charge in [0, 0.05) is 11.6 Å². The maximum Gasteiger partial charge on any atom is 0.150 e. The maximum absolute atomic E-state index is 5.51.